The van der Waals surface area contributed by atoms with Crippen molar-refractivity contribution in [3.05, 3.63) is 101 Å². The highest BCUT2D eigenvalue weighted by Gasteiger charge is 2.14. The molecule has 0 saturated carbocycles. The van der Waals surface area contributed by atoms with Gasteiger partial charge in [0, 0.05) is 22.4 Å². The lowest BCUT2D eigenvalue weighted by molar-refractivity contribution is 0.100. The minimum Gasteiger partial charge on any atom is -0.377 e. The predicted molar refractivity (Wildman–Crippen MR) is 100 cm³/mol. The number of rotatable bonds is 6. The normalized spacial score (nSPS) is 10.4. The van der Waals surface area contributed by atoms with Crippen LogP contribution in [0, 0.1) is 12.7 Å². The maximum absolute atomic E-state index is 13.6. The summed E-state index contributed by atoms with van der Waals surface area (Å²) < 4.78 is 13.6. The number of carbonyl (C=O) groups is 2. The summed E-state index contributed by atoms with van der Waals surface area (Å²) in [6.45, 7) is 1.62. The number of halogens is 1. The Bertz CT molecular complexity index is 951. The van der Waals surface area contributed by atoms with Crippen molar-refractivity contribution in [2.24, 2.45) is 0 Å². The van der Waals surface area contributed by atoms with Gasteiger partial charge < -0.3 is 5.32 Å². The second-order valence-corrected chi connectivity index (χ2v) is 5.98. The molecule has 3 rings (SSSR count). The first-order valence-electron chi connectivity index (χ1n) is 8.28. The molecule has 0 bridgehead atoms. The highest BCUT2D eigenvalue weighted by atomic mass is 19.1. The number of ketones is 2. The molecule has 0 spiro atoms. The third-order valence-electron chi connectivity index (χ3n) is 4.14. The van der Waals surface area contributed by atoms with Crippen LogP contribution in [0.4, 0.5) is 10.1 Å². The number of para-hydroxylation sites is 1. The fourth-order valence-electron chi connectivity index (χ4n) is 2.62. The van der Waals surface area contributed by atoms with Gasteiger partial charge in [0.15, 0.2) is 11.6 Å². The van der Waals surface area contributed by atoms with E-state index in [-0.39, 0.29) is 18.1 Å². The third-order valence-corrected chi connectivity index (χ3v) is 4.14. The summed E-state index contributed by atoms with van der Waals surface area (Å²) in [7, 11) is 0. The molecule has 3 nitrogen and oxygen atoms in total. The van der Waals surface area contributed by atoms with Crippen LogP contribution in [0.25, 0.3) is 0 Å². The van der Waals surface area contributed by atoms with Gasteiger partial charge in [0.1, 0.15) is 5.82 Å². The van der Waals surface area contributed by atoms with E-state index < -0.39 is 5.82 Å². The van der Waals surface area contributed by atoms with E-state index in [1.54, 1.807) is 67.6 Å². The maximum atomic E-state index is 13.6. The van der Waals surface area contributed by atoms with Crippen molar-refractivity contribution in [3.63, 3.8) is 0 Å². The smallest absolute Gasteiger partial charge is 0.195 e. The zero-order valence-electron chi connectivity index (χ0n) is 14.3. The summed E-state index contributed by atoms with van der Waals surface area (Å²) in [5.74, 6) is -0.774. The van der Waals surface area contributed by atoms with E-state index in [2.05, 4.69) is 5.32 Å². The van der Waals surface area contributed by atoms with Crippen molar-refractivity contribution in [2.45, 2.75) is 6.92 Å². The number of carbonyl (C=O) groups excluding carboxylic acids is 2. The number of aryl methyl sites for hydroxylation is 1. The van der Waals surface area contributed by atoms with Gasteiger partial charge in [0.2, 0.25) is 0 Å². The number of hydrogen-bond donors (Lipinski definition) is 1. The van der Waals surface area contributed by atoms with Crippen LogP contribution in [0.15, 0.2) is 72.8 Å². The molecule has 1 N–H and O–H groups in total. The second-order valence-electron chi connectivity index (χ2n) is 5.98. The Morgan fingerprint density at radius 1 is 0.885 bits per heavy atom. The molecule has 0 aliphatic heterocycles. The molecule has 0 aliphatic carbocycles. The molecule has 0 unspecified atom stereocenters. The molecule has 0 atom stereocenters. The maximum Gasteiger partial charge on any atom is 0.195 e. The quantitative estimate of drug-likeness (QED) is 0.660. The van der Waals surface area contributed by atoms with E-state index in [9.17, 15) is 14.0 Å². The molecule has 0 aromatic heterocycles. The molecule has 3 aromatic carbocycles. The van der Waals surface area contributed by atoms with Crippen molar-refractivity contribution in [3.8, 4) is 0 Å². The first-order chi connectivity index (χ1) is 12.6. The van der Waals surface area contributed by atoms with Crippen molar-refractivity contribution in [2.75, 3.05) is 11.9 Å². The molecular formula is C22H18FNO2. The van der Waals surface area contributed by atoms with Crippen molar-refractivity contribution in [1.82, 2.24) is 0 Å². The number of benzene rings is 3. The minimum absolute atomic E-state index is 0.0262. The van der Waals surface area contributed by atoms with E-state index in [0.29, 0.717) is 27.9 Å². The first kappa shape index (κ1) is 17.5. The summed E-state index contributed by atoms with van der Waals surface area (Å²) in [5, 5.41) is 3.00. The highest BCUT2D eigenvalue weighted by Crippen LogP contribution is 2.19. The van der Waals surface area contributed by atoms with Gasteiger partial charge in [-0.1, -0.05) is 54.6 Å². The van der Waals surface area contributed by atoms with E-state index in [0.717, 1.165) is 0 Å². The molecule has 0 radical (unpaired) electrons. The van der Waals surface area contributed by atoms with E-state index in [1.807, 2.05) is 6.07 Å². The van der Waals surface area contributed by atoms with E-state index in [1.165, 1.54) is 6.07 Å². The van der Waals surface area contributed by atoms with Gasteiger partial charge in [-0.15, -0.1) is 0 Å². The first-order valence-corrected chi connectivity index (χ1v) is 8.28. The fourth-order valence-corrected chi connectivity index (χ4v) is 2.62. The van der Waals surface area contributed by atoms with Crippen molar-refractivity contribution in [1.29, 1.82) is 0 Å². The van der Waals surface area contributed by atoms with Gasteiger partial charge in [-0.2, -0.15) is 0 Å². The third kappa shape index (κ3) is 3.86. The van der Waals surface area contributed by atoms with Crippen LogP contribution < -0.4 is 5.32 Å². The molecule has 0 saturated heterocycles. The van der Waals surface area contributed by atoms with Crippen LogP contribution in [-0.4, -0.2) is 18.1 Å². The summed E-state index contributed by atoms with van der Waals surface area (Å²) in [6, 6.07) is 20.4. The summed E-state index contributed by atoms with van der Waals surface area (Å²) in [6.07, 6.45) is 0. The highest BCUT2D eigenvalue weighted by molar-refractivity contribution is 6.12. The van der Waals surface area contributed by atoms with Crippen LogP contribution in [0.3, 0.4) is 0 Å². The predicted octanol–water partition coefficient (Wildman–Crippen LogP) is 4.66. The molecule has 0 heterocycles. The van der Waals surface area contributed by atoms with Gasteiger partial charge in [0.25, 0.3) is 0 Å². The van der Waals surface area contributed by atoms with Crippen LogP contribution in [0.2, 0.25) is 0 Å². The number of nitrogens with one attached hydrogen (secondary N) is 1. The zero-order chi connectivity index (χ0) is 18.5. The lowest BCUT2D eigenvalue weighted by atomic mass is 10.0. The molecule has 26 heavy (non-hydrogen) atoms. The number of anilines is 1. The number of Topliss-reactive ketones (excluding diaryl/α,β-unsaturated/α-hetero) is 1. The Labute approximate surface area is 151 Å². The summed E-state index contributed by atoms with van der Waals surface area (Å²) >= 11 is 0. The Balaban J connectivity index is 1.77. The topological polar surface area (TPSA) is 46.2 Å². The molecule has 3 aromatic rings. The summed E-state index contributed by atoms with van der Waals surface area (Å²) in [4.78, 5) is 25.0. The lowest BCUT2D eigenvalue weighted by Gasteiger charge is -2.11. The van der Waals surface area contributed by atoms with Gasteiger partial charge in [-0.3, -0.25) is 9.59 Å². The molecule has 4 heteroatoms. The fraction of sp³-hybridized carbons (Fsp3) is 0.0909. The van der Waals surface area contributed by atoms with Gasteiger partial charge in [-0.05, 0) is 30.7 Å². The summed E-state index contributed by atoms with van der Waals surface area (Å²) in [5.41, 5.74) is 2.43. The van der Waals surface area contributed by atoms with Crippen LogP contribution in [0.5, 0.6) is 0 Å². The van der Waals surface area contributed by atoms with Crippen LogP contribution >= 0.6 is 0 Å². The average molecular weight is 347 g/mol. The Morgan fingerprint density at radius 3 is 2.31 bits per heavy atom. The minimum atomic E-state index is -0.407. The largest absolute Gasteiger partial charge is 0.377 e. The molecule has 0 amide bonds. The number of hydrogen-bond acceptors (Lipinski definition) is 3. The van der Waals surface area contributed by atoms with Crippen LogP contribution in [0.1, 0.15) is 31.8 Å². The molecular weight excluding hydrogens is 329 g/mol. The van der Waals surface area contributed by atoms with Gasteiger partial charge in [0.05, 0.1) is 6.54 Å². The monoisotopic (exact) mass is 347 g/mol. The zero-order valence-corrected chi connectivity index (χ0v) is 14.3. The van der Waals surface area contributed by atoms with Gasteiger partial charge in [-0.25, -0.2) is 4.39 Å². The molecule has 0 aliphatic rings. The van der Waals surface area contributed by atoms with Gasteiger partial charge >= 0.3 is 0 Å². The standard InChI is InChI=1S/C22H18FNO2/c1-15-11-12-17(13-19(15)23)21(25)14-24-20-10-6-5-9-18(20)22(26)16-7-3-2-4-8-16/h2-13,24H,14H2,1H3. The second kappa shape index (κ2) is 7.74. The Hall–Kier alpha value is -3.27. The SMILES string of the molecule is Cc1ccc(C(=O)CNc2ccccc2C(=O)c2ccccc2)cc1F. The van der Waals surface area contributed by atoms with Crippen molar-refractivity contribution >= 4 is 17.3 Å². The average Bonchev–Trinajstić information content (AvgIpc) is 2.68. The lowest BCUT2D eigenvalue weighted by Crippen LogP contribution is -2.16. The Kier molecular flexibility index (Phi) is 5.23. The van der Waals surface area contributed by atoms with E-state index >= 15 is 0 Å². The van der Waals surface area contributed by atoms with Crippen LogP contribution in [-0.2, 0) is 0 Å². The molecule has 0 fully saturated rings. The Morgan fingerprint density at radius 2 is 1.58 bits per heavy atom. The van der Waals surface area contributed by atoms with E-state index in [4.69, 9.17) is 0 Å². The van der Waals surface area contributed by atoms with Crippen molar-refractivity contribution < 1.29 is 14.0 Å². The molecule has 130 valence electrons.